The van der Waals surface area contributed by atoms with Crippen LogP contribution in [0.1, 0.15) is 17.3 Å². The summed E-state index contributed by atoms with van der Waals surface area (Å²) in [6.07, 6.45) is 1.62. The molecule has 3 aromatic rings. The van der Waals surface area contributed by atoms with Crippen molar-refractivity contribution in [2.75, 3.05) is 10.6 Å². The van der Waals surface area contributed by atoms with Crippen LogP contribution < -0.4 is 10.6 Å². The number of aromatic nitrogens is 1. The highest BCUT2D eigenvalue weighted by molar-refractivity contribution is 6.44. The predicted molar refractivity (Wildman–Crippen MR) is 95.4 cm³/mol. The number of rotatable bonds is 3. The summed E-state index contributed by atoms with van der Waals surface area (Å²) >= 11 is 0. The summed E-state index contributed by atoms with van der Waals surface area (Å²) in [6, 6.07) is 15.3. The SMILES string of the molecule is CC(=O)c1ccc(NC(=O)C(=O)Nc2cccc3cccnc23)cc1. The fourth-order valence-electron chi connectivity index (χ4n) is 2.36. The number of anilines is 2. The second kappa shape index (κ2) is 6.92. The van der Waals surface area contributed by atoms with Crippen molar-refractivity contribution < 1.29 is 14.4 Å². The molecule has 2 N–H and O–H groups in total. The van der Waals surface area contributed by atoms with Crippen molar-refractivity contribution in [3.05, 3.63) is 66.4 Å². The first kappa shape index (κ1) is 16.3. The Bertz CT molecular complexity index is 960. The van der Waals surface area contributed by atoms with Gasteiger partial charge in [0, 0.05) is 22.8 Å². The smallest absolute Gasteiger partial charge is 0.314 e. The highest BCUT2D eigenvalue weighted by Crippen LogP contribution is 2.20. The minimum Gasteiger partial charge on any atom is -0.318 e. The maximum Gasteiger partial charge on any atom is 0.314 e. The van der Waals surface area contributed by atoms with Gasteiger partial charge in [-0.1, -0.05) is 18.2 Å². The van der Waals surface area contributed by atoms with Crippen molar-refractivity contribution in [2.45, 2.75) is 6.92 Å². The number of nitrogens with zero attached hydrogens (tertiary/aromatic N) is 1. The Morgan fingerprint density at radius 3 is 2.24 bits per heavy atom. The zero-order valence-electron chi connectivity index (χ0n) is 13.4. The molecular formula is C19H15N3O3. The van der Waals surface area contributed by atoms with Crippen molar-refractivity contribution >= 4 is 39.9 Å². The molecule has 0 aliphatic heterocycles. The summed E-state index contributed by atoms with van der Waals surface area (Å²) in [7, 11) is 0. The number of hydrogen-bond donors (Lipinski definition) is 2. The van der Waals surface area contributed by atoms with Crippen LogP contribution in [0.2, 0.25) is 0 Å². The standard InChI is InChI=1S/C19H15N3O3/c1-12(23)13-7-9-15(10-8-13)21-18(24)19(25)22-16-6-2-4-14-5-3-11-20-17(14)16/h2-11H,1H3,(H,21,24)(H,22,25). The van der Waals surface area contributed by atoms with Gasteiger partial charge in [0.25, 0.3) is 0 Å². The second-order valence-electron chi connectivity index (χ2n) is 5.42. The third-order valence-electron chi connectivity index (χ3n) is 3.64. The maximum absolute atomic E-state index is 12.1. The maximum atomic E-state index is 12.1. The summed E-state index contributed by atoms with van der Waals surface area (Å²) in [6.45, 7) is 1.46. The predicted octanol–water partition coefficient (Wildman–Crippen LogP) is 3.01. The molecule has 1 aromatic heterocycles. The van der Waals surface area contributed by atoms with Gasteiger partial charge in [-0.15, -0.1) is 0 Å². The van der Waals surface area contributed by atoms with Crippen LogP contribution in [0, 0.1) is 0 Å². The number of carbonyl (C=O) groups excluding carboxylic acids is 3. The lowest BCUT2D eigenvalue weighted by atomic mass is 10.1. The van der Waals surface area contributed by atoms with Gasteiger partial charge in [0.05, 0.1) is 11.2 Å². The number of pyridine rings is 1. The molecule has 0 aliphatic carbocycles. The van der Waals surface area contributed by atoms with E-state index < -0.39 is 11.8 Å². The van der Waals surface area contributed by atoms with Crippen molar-refractivity contribution in [1.29, 1.82) is 0 Å². The lowest BCUT2D eigenvalue weighted by Crippen LogP contribution is -2.29. The zero-order valence-corrected chi connectivity index (χ0v) is 13.4. The van der Waals surface area contributed by atoms with Crippen molar-refractivity contribution in [2.24, 2.45) is 0 Å². The van der Waals surface area contributed by atoms with Gasteiger partial charge in [-0.2, -0.15) is 0 Å². The number of hydrogen-bond acceptors (Lipinski definition) is 4. The molecule has 0 saturated carbocycles. The summed E-state index contributed by atoms with van der Waals surface area (Å²) in [4.78, 5) is 39.7. The molecule has 1 heterocycles. The lowest BCUT2D eigenvalue weighted by Gasteiger charge is -2.08. The fraction of sp³-hybridized carbons (Fsp3) is 0.0526. The first-order chi connectivity index (χ1) is 12.0. The summed E-state index contributed by atoms with van der Waals surface area (Å²) in [5, 5.41) is 5.92. The highest BCUT2D eigenvalue weighted by atomic mass is 16.2. The van der Waals surface area contributed by atoms with E-state index in [1.54, 1.807) is 48.7 Å². The number of Topliss-reactive ketones (excluding diaryl/α,β-unsaturated/α-hetero) is 1. The molecule has 0 saturated heterocycles. The van der Waals surface area contributed by atoms with Crippen molar-refractivity contribution in [3.63, 3.8) is 0 Å². The molecular weight excluding hydrogens is 318 g/mol. The van der Waals surface area contributed by atoms with Gasteiger partial charge >= 0.3 is 11.8 Å². The number of fused-ring (bicyclic) bond motifs is 1. The minimum absolute atomic E-state index is 0.0703. The Labute approximate surface area is 143 Å². The lowest BCUT2D eigenvalue weighted by molar-refractivity contribution is -0.132. The van der Waals surface area contributed by atoms with E-state index in [4.69, 9.17) is 0 Å². The van der Waals surface area contributed by atoms with E-state index >= 15 is 0 Å². The molecule has 3 rings (SSSR count). The van der Waals surface area contributed by atoms with Gasteiger partial charge in [-0.3, -0.25) is 19.4 Å². The van der Waals surface area contributed by atoms with E-state index in [0.717, 1.165) is 5.39 Å². The molecule has 6 nitrogen and oxygen atoms in total. The Morgan fingerprint density at radius 1 is 0.840 bits per heavy atom. The second-order valence-corrected chi connectivity index (χ2v) is 5.42. The van der Waals surface area contributed by atoms with E-state index in [-0.39, 0.29) is 5.78 Å². The summed E-state index contributed by atoms with van der Waals surface area (Å²) in [5.41, 5.74) is 2.03. The van der Waals surface area contributed by atoms with Crippen LogP contribution >= 0.6 is 0 Å². The third kappa shape index (κ3) is 3.69. The van der Waals surface area contributed by atoms with Crippen LogP contribution in [-0.2, 0) is 9.59 Å². The molecule has 0 atom stereocenters. The molecule has 6 heteroatoms. The van der Waals surface area contributed by atoms with Gasteiger partial charge in [0.2, 0.25) is 0 Å². The number of benzene rings is 2. The molecule has 2 aromatic carbocycles. The summed E-state index contributed by atoms with van der Waals surface area (Å²) < 4.78 is 0. The quantitative estimate of drug-likeness (QED) is 0.570. The Morgan fingerprint density at radius 2 is 1.52 bits per heavy atom. The minimum atomic E-state index is -0.802. The molecule has 0 unspecified atom stereocenters. The number of ketones is 1. The molecule has 0 spiro atoms. The van der Waals surface area contributed by atoms with Crippen molar-refractivity contribution in [3.8, 4) is 0 Å². The van der Waals surface area contributed by atoms with E-state index in [9.17, 15) is 14.4 Å². The molecule has 0 bridgehead atoms. The van der Waals surface area contributed by atoms with Crippen LogP contribution in [0.3, 0.4) is 0 Å². The number of carbonyl (C=O) groups is 3. The van der Waals surface area contributed by atoms with Gasteiger partial charge < -0.3 is 10.6 Å². The van der Waals surface area contributed by atoms with Gasteiger partial charge in [0.1, 0.15) is 0 Å². The number of para-hydroxylation sites is 1. The molecule has 2 amide bonds. The molecule has 0 aliphatic rings. The van der Waals surface area contributed by atoms with E-state index in [1.165, 1.54) is 6.92 Å². The molecule has 0 radical (unpaired) electrons. The van der Waals surface area contributed by atoms with Crippen LogP contribution in [0.4, 0.5) is 11.4 Å². The van der Waals surface area contributed by atoms with Gasteiger partial charge in [0.15, 0.2) is 5.78 Å². The Hall–Kier alpha value is -3.54. The van der Waals surface area contributed by atoms with Gasteiger partial charge in [-0.25, -0.2) is 0 Å². The van der Waals surface area contributed by atoms with Crippen molar-refractivity contribution in [1.82, 2.24) is 4.98 Å². The van der Waals surface area contributed by atoms with E-state index in [1.807, 2.05) is 12.1 Å². The average Bonchev–Trinajstić information content (AvgIpc) is 2.62. The molecule has 25 heavy (non-hydrogen) atoms. The number of amides is 2. The van der Waals surface area contributed by atoms with Crippen LogP contribution in [0.25, 0.3) is 10.9 Å². The number of nitrogens with one attached hydrogen (secondary N) is 2. The monoisotopic (exact) mass is 333 g/mol. The fourth-order valence-corrected chi connectivity index (χ4v) is 2.36. The van der Waals surface area contributed by atoms with Crippen LogP contribution in [0.15, 0.2) is 60.8 Å². The van der Waals surface area contributed by atoms with Crippen LogP contribution in [0.5, 0.6) is 0 Å². The highest BCUT2D eigenvalue weighted by Gasteiger charge is 2.15. The normalized spacial score (nSPS) is 10.3. The topological polar surface area (TPSA) is 88.2 Å². The average molecular weight is 333 g/mol. The largest absolute Gasteiger partial charge is 0.318 e. The molecule has 0 fully saturated rings. The summed E-state index contributed by atoms with van der Waals surface area (Å²) in [5.74, 6) is -1.67. The third-order valence-corrected chi connectivity index (χ3v) is 3.64. The van der Waals surface area contributed by atoms with E-state index in [2.05, 4.69) is 15.6 Å². The van der Waals surface area contributed by atoms with Crippen LogP contribution in [-0.4, -0.2) is 22.6 Å². The Balaban J connectivity index is 1.72. The zero-order chi connectivity index (χ0) is 17.8. The van der Waals surface area contributed by atoms with E-state index in [0.29, 0.717) is 22.5 Å². The Kier molecular flexibility index (Phi) is 4.52. The first-order valence-electron chi connectivity index (χ1n) is 7.61. The first-order valence-corrected chi connectivity index (χ1v) is 7.61. The van der Waals surface area contributed by atoms with Gasteiger partial charge in [-0.05, 0) is 43.3 Å². The molecule has 124 valence electrons.